The monoisotopic (exact) mass is 285 g/mol. The van der Waals surface area contributed by atoms with E-state index in [-0.39, 0.29) is 23.3 Å². The van der Waals surface area contributed by atoms with E-state index >= 15 is 0 Å². The maximum absolute atomic E-state index is 11.5. The van der Waals surface area contributed by atoms with Crippen LogP contribution in [0.4, 0.5) is 0 Å². The van der Waals surface area contributed by atoms with Gasteiger partial charge < -0.3 is 4.79 Å². The molecule has 4 heteroatoms. The Morgan fingerprint density at radius 3 is 2.43 bits per heavy atom. The second-order valence-electron chi connectivity index (χ2n) is 5.65. The Morgan fingerprint density at radius 2 is 1.81 bits per heavy atom. The summed E-state index contributed by atoms with van der Waals surface area (Å²) in [7, 11) is 0. The van der Waals surface area contributed by atoms with E-state index in [9.17, 15) is 14.9 Å². The van der Waals surface area contributed by atoms with Crippen molar-refractivity contribution >= 4 is 17.1 Å². The molecule has 0 aromatic heterocycles. The highest BCUT2D eigenvalue weighted by Gasteiger charge is 2.31. The third kappa shape index (κ3) is 3.27. The Labute approximate surface area is 123 Å². The van der Waals surface area contributed by atoms with Gasteiger partial charge in [0, 0.05) is 10.8 Å². The molecule has 0 fully saturated rings. The minimum Gasteiger partial charge on any atom is -0.303 e. The van der Waals surface area contributed by atoms with Gasteiger partial charge in [0.05, 0.1) is 5.92 Å². The van der Waals surface area contributed by atoms with Crippen molar-refractivity contribution in [2.45, 2.75) is 19.8 Å². The smallest absolute Gasteiger partial charge is 0.211 e. The average molecular weight is 285 g/mol. The van der Waals surface area contributed by atoms with Crippen molar-refractivity contribution in [1.82, 2.24) is 0 Å². The molecule has 0 aliphatic rings. The van der Waals surface area contributed by atoms with Crippen molar-refractivity contribution in [2.75, 3.05) is 6.54 Å². The first-order chi connectivity index (χ1) is 10.0. The third-order valence-corrected chi connectivity index (χ3v) is 3.96. The van der Waals surface area contributed by atoms with Crippen LogP contribution >= 0.6 is 0 Å². The first kappa shape index (κ1) is 15.2. The molecule has 0 radical (unpaired) electrons. The van der Waals surface area contributed by atoms with Crippen LogP contribution in [0.3, 0.4) is 0 Å². The van der Waals surface area contributed by atoms with Crippen LogP contribution in [0.2, 0.25) is 0 Å². The van der Waals surface area contributed by atoms with Gasteiger partial charge in [-0.05, 0) is 22.3 Å². The Kier molecular flexibility index (Phi) is 4.68. The number of hydrogen-bond acceptors (Lipinski definition) is 3. The molecule has 0 aliphatic heterocycles. The number of carbonyl (C=O) groups excluding carboxylic acids is 1. The van der Waals surface area contributed by atoms with Crippen molar-refractivity contribution < 1.29 is 9.72 Å². The normalized spacial score (nSPS) is 14.0. The molecule has 0 saturated heterocycles. The van der Waals surface area contributed by atoms with Crippen LogP contribution in [0, 0.1) is 22.0 Å². The summed E-state index contributed by atoms with van der Waals surface area (Å²) in [6, 6.07) is 13.6. The van der Waals surface area contributed by atoms with Gasteiger partial charge in [-0.25, -0.2) is 0 Å². The van der Waals surface area contributed by atoms with Crippen molar-refractivity contribution in [3.8, 4) is 0 Å². The summed E-state index contributed by atoms with van der Waals surface area (Å²) in [5, 5.41) is 13.1. The lowest BCUT2D eigenvalue weighted by Gasteiger charge is -2.24. The topological polar surface area (TPSA) is 60.2 Å². The summed E-state index contributed by atoms with van der Waals surface area (Å²) in [5.74, 6) is -0.698. The molecule has 2 atom stereocenters. The summed E-state index contributed by atoms with van der Waals surface area (Å²) >= 11 is 0. The quantitative estimate of drug-likeness (QED) is 0.462. The van der Waals surface area contributed by atoms with Crippen LogP contribution in [0.1, 0.15) is 25.3 Å². The molecular weight excluding hydrogens is 266 g/mol. The zero-order valence-corrected chi connectivity index (χ0v) is 12.2. The molecule has 2 rings (SSSR count). The van der Waals surface area contributed by atoms with Gasteiger partial charge in [-0.15, -0.1) is 0 Å². The van der Waals surface area contributed by atoms with E-state index in [1.165, 1.54) is 0 Å². The van der Waals surface area contributed by atoms with Gasteiger partial charge >= 0.3 is 0 Å². The SMILES string of the molecule is CC(C)[C@H](C=O)[C@@H](C[N+](=O)[O-])c1cccc2ccccc12. The molecule has 0 amide bonds. The first-order valence-corrected chi connectivity index (χ1v) is 7.09. The molecular formula is C17H19NO3. The molecule has 0 spiro atoms. The van der Waals surface area contributed by atoms with E-state index in [0.29, 0.717) is 0 Å². The van der Waals surface area contributed by atoms with Gasteiger partial charge in [-0.2, -0.15) is 0 Å². The van der Waals surface area contributed by atoms with Crippen LogP contribution in [0.5, 0.6) is 0 Å². The summed E-state index contributed by atoms with van der Waals surface area (Å²) in [4.78, 5) is 22.2. The maximum atomic E-state index is 11.5. The Bertz CT molecular complexity index is 646. The van der Waals surface area contributed by atoms with Crippen LogP contribution in [0.15, 0.2) is 42.5 Å². The van der Waals surface area contributed by atoms with E-state index in [0.717, 1.165) is 22.6 Å². The zero-order chi connectivity index (χ0) is 15.4. The number of carbonyl (C=O) groups is 1. The highest BCUT2D eigenvalue weighted by atomic mass is 16.6. The molecule has 2 aromatic rings. The molecule has 4 nitrogen and oxygen atoms in total. The standard InChI is InChI=1S/C17H19NO3/c1-12(2)17(11-19)16(10-18(20)21)15-9-5-7-13-6-3-4-8-14(13)15/h3-9,11-12,16-17H,10H2,1-2H3/t16-,17-/m0/s1. The molecule has 0 N–H and O–H groups in total. The maximum Gasteiger partial charge on any atom is 0.211 e. The summed E-state index contributed by atoms with van der Waals surface area (Å²) in [6.07, 6.45) is 0.862. The molecule has 0 bridgehead atoms. The predicted octanol–water partition coefficient (Wildman–Crippen LogP) is 3.67. The average Bonchev–Trinajstić information content (AvgIpc) is 2.45. The van der Waals surface area contributed by atoms with Gasteiger partial charge in [-0.1, -0.05) is 56.3 Å². The lowest BCUT2D eigenvalue weighted by atomic mass is 9.78. The van der Waals surface area contributed by atoms with E-state index in [1.807, 2.05) is 56.3 Å². The number of nitrogens with zero attached hydrogens (tertiary/aromatic N) is 1. The number of hydrogen-bond donors (Lipinski definition) is 0. The fraction of sp³-hybridized carbons (Fsp3) is 0.353. The minimum absolute atomic E-state index is 0.0615. The fourth-order valence-corrected chi connectivity index (χ4v) is 2.88. The summed E-state index contributed by atoms with van der Waals surface area (Å²) in [6.45, 7) is 3.63. The highest BCUT2D eigenvalue weighted by Crippen LogP contribution is 2.33. The van der Waals surface area contributed by atoms with Crippen LogP contribution in [0.25, 0.3) is 10.8 Å². The van der Waals surface area contributed by atoms with Crippen molar-refractivity contribution in [3.05, 3.63) is 58.1 Å². The lowest BCUT2D eigenvalue weighted by molar-refractivity contribution is -0.484. The van der Waals surface area contributed by atoms with Gasteiger partial charge in [0.2, 0.25) is 6.54 Å². The minimum atomic E-state index is -0.399. The van der Waals surface area contributed by atoms with Crippen molar-refractivity contribution in [1.29, 1.82) is 0 Å². The van der Waals surface area contributed by atoms with E-state index in [1.54, 1.807) is 0 Å². The van der Waals surface area contributed by atoms with Crippen molar-refractivity contribution in [3.63, 3.8) is 0 Å². The molecule has 0 saturated carbocycles. The van der Waals surface area contributed by atoms with Gasteiger partial charge in [0.1, 0.15) is 6.29 Å². The number of benzene rings is 2. The summed E-state index contributed by atoms with van der Waals surface area (Å²) < 4.78 is 0. The predicted molar refractivity (Wildman–Crippen MR) is 82.9 cm³/mol. The third-order valence-electron chi connectivity index (χ3n) is 3.96. The molecule has 0 aliphatic carbocycles. The van der Waals surface area contributed by atoms with Gasteiger partial charge in [0.15, 0.2) is 0 Å². The number of nitro groups is 1. The van der Waals surface area contributed by atoms with E-state index in [4.69, 9.17) is 0 Å². The highest BCUT2D eigenvalue weighted by molar-refractivity contribution is 5.86. The second kappa shape index (κ2) is 6.48. The Hall–Kier alpha value is -2.23. The van der Waals surface area contributed by atoms with Crippen molar-refractivity contribution in [2.24, 2.45) is 11.8 Å². The van der Waals surface area contributed by atoms with Gasteiger partial charge in [-0.3, -0.25) is 10.1 Å². The van der Waals surface area contributed by atoms with Crippen LogP contribution < -0.4 is 0 Å². The molecule has 0 heterocycles. The Morgan fingerprint density at radius 1 is 1.14 bits per heavy atom. The van der Waals surface area contributed by atoms with Crippen LogP contribution in [-0.4, -0.2) is 17.8 Å². The van der Waals surface area contributed by atoms with Crippen LogP contribution in [-0.2, 0) is 4.79 Å². The molecule has 21 heavy (non-hydrogen) atoms. The second-order valence-corrected chi connectivity index (χ2v) is 5.65. The van der Waals surface area contributed by atoms with E-state index in [2.05, 4.69) is 0 Å². The van der Waals surface area contributed by atoms with Gasteiger partial charge in [0.25, 0.3) is 0 Å². The number of rotatable bonds is 6. The zero-order valence-electron chi connectivity index (χ0n) is 12.2. The fourth-order valence-electron chi connectivity index (χ4n) is 2.88. The number of aldehydes is 1. The lowest BCUT2D eigenvalue weighted by Crippen LogP contribution is -2.26. The largest absolute Gasteiger partial charge is 0.303 e. The molecule has 2 aromatic carbocycles. The molecule has 0 unspecified atom stereocenters. The summed E-state index contributed by atoms with van der Waals surface area (Å²) in [5.41, 5.74) is 0.885. The first-order valence-electron chi connectivity index (χ1n) is 7.09. The molecule has 110 valence electrons. The Balaban J connectivity index is 2.57. The van der Waals surface area contributed by atoms with E-state index < -0.39 is 5.92 Å². The number of fused-ring (bicyclic) bond motifs is 1.